The van der Waals surface area contributed by atoms with E-state index in [1.807, 2.05) is 6.07 Å². The number of hydrogen-bond acceptors (Lipinski definition) is 7. The zero-order valence-electron chi connectivity index (χ0n) is 12.9. The van der Waals surface area contributed by atoms with Crippen LogP contribution in [0.5, 0.6) is 5.75 Å². The van der Waals surface area contributed by atoms with Crippen LogP contribution in [0.25, 0.3) is 0 Å². The van der Waals surface area contributed by atoms with Crippen molar-refractivity contribution in [1.29, 1.82) is 5.26 Å². The van der Waals surface area contributed by atoms with Crippen molar-refractivity contribution in [1.82, 2.24) is 5.32 Å². The van der Waals surface area contributed by atoms with Crippen LogP contribution in [0.3, 0.4) is 0 Å². The predicted octanol–water partition coefficient (Wildman–Crippen LogP) is -0.303. The lowest BCUT2D eigenvalue weighted by Crippen LogP contribution is -2.46. The lowest BCUT2D eigenvalue weighted by atomic mass is 9.66. The largest absolute Gasteiger partial charge is 0.458 e. The van der Waals surface area contributed by atoms with Crippen LogP contribution in [-0.2, 0) is 16.8 Å². The molecule has 1 spiro atoms. The minimum Gasteiger partial charge on any atom is -0.458 e. The fraction of sp³-hybridized carbons (Fsp3) is 0.235. The number of carbonyl (C=O) groups excluding carboxylic acids is 1. The van der Waals surface area contributed by atoms with Gasteiger partial charge in [0.05, 0.1) is 6.04 Å². The van der Waals surface area contributed by atoms with Gasteiger partial charge in [0.25, 0.3) is 0 Å². The Labute approximate surface area is 141 Å². The molecule has 3 atom stereocenters. The standard InChI is InChI=1S/C17H13N3O5/c18-6-10-15(19)25-13-12(22)5-8(7-21)24-14(13)17(10)9-3-1-2-4-11(9)20-16(17)23/h1-5,9,11,21H,7,19H2,(H,20,23)/t9-,11-,17-/m1/s1. The summed E-state index contributed by atoms with van der Waals surface area (Å²) in [5, 5.41) is 21.8. The summed E-state index contributed by atoms with van der Waals surface area (Å²) in [5.74, 6) is -1.74. The molecule has 1 aromatic rings. The highest BCUT2D eigenvalue weighted by Crippen LogP contribution is 2.52. The molecule has 126 valence electrons. The van der Waals surface area contributed by atoms with Gasteiger partial charge in [0.2, 0.25) is 23.0 Å². The van der Waals surface area contributed by atoms with Gasteiger partial charge in [-0.05, 0) is 0 Å². The van der Waals surface area contributed by atoms with E-state index >= 15 is 0 Å². The van der Waals surface area contributed by atoms with Crippen LogP contribution in [0.15, 0.2) is 51.0 Å². The first-order valence-corrected chi connectivity index (χ1v) is 7.56. The molecular weight excluding hydrogens is 326 g/mol. The van der Waals surface area contributed by atoms with Crippen molar-refractivity contribution in [3.8, 4) is 11.8 Å². The monoisotopic (exact) mass is 339 g/mol. The number of aliphatic hydroxyl groups excluding tert-OH is 1. The SMILES string of the molecule is N#CC1=C(N)Oc2c(oc(CO)cc2=O)[C@]12C(=O)N[C@@H]1C=CC=C[C@H]12. The average molecular weight is 339 g/mol. The van der Waals surface area contributed by atoms with Gasteiger partial charge in [0.15, 0.2) is 11.2 Å². The van der Waals surface area contributed by atoms with Gasteiger partial charge in [-0.3, -0.25) is 9.59 Å². The summed E-state index contributed by atoms with van der Waals surface area (Å²) in [6.45, 7) is -0.537. The van der Waals surface area contributed by atoms with Crippen molar-refractivity contribution in [2.75, 3.05) is 0 Å². The zero-order chi connectivity index (χ0) is 17.8. The van der Waals surface area contributed by atoms with Crippen LogP contribution in [0.2, 0.25) is 0 Å². The molecule has 8 heteroatoms. The summed E-state index contributed by atoms with van der Waals surface area (Å²) in [4.78, 5) is 25.4. The number of amides is 1. The van der Waals surface area contributed by atoms with E-state index in [0.717, 1.165) is 6.07 Å². The summed E-state index contributed by atoms with van der Waals surface area (Å²) in [7, 11) is 0. The summed E-state index contributed by atoms with van der Waals surface area (Å²) in [5.41, 5.74) is 3.53. The molecule has 1 aliphatic carbocycles. The topological polar surface area (TPSA) is 139 Å². The third-order valence-electron chi connectivity index (χ3n) is 4.72. The Hall–Kier alpha value is -3.31. The first-order valence-electron chi connectivity index (χ1n) is 7.56. The molecule has 4 rings (SSSR count). The lowest BCUT2D eigenvalue weighted by Gasteiger charge is -2.35. The number of ether oxygens (including phenoxy) is 1. The summed E-state index contributed by atoms with van der Waals surface area (Å²) < 4.78 is 10.9. The maximum atomic E-state index is 13.0. The van der Waals surface area contributed by atoms with E-state index in [0.29, 0.717) is 0 Å². The van der Waals surface area contributed by atoms with E-state index in [1.165, 1.54) is 0 Å². The second kappa shape index (κ2) is 5.09. The molecule has 0 unspecified atom stereocenters. The number of allylic oxidation sites excluding steroid dienone is 2. The van der Waals surface area contributed by atoms with Crippen LogP contribution >= 0.6 is 0 Å². The average Bonchev–Trinajstić information content (AvgIpc) is 2.89. The van der Waals surface area contributed by atoms with Crippen molar-refractivity contribution < 1.29 is 19.1 Å². The minimum absolute atomic E-state index is 0.0314. The molecular formula is C17H13N3O5. The number of rotatable bonds is 1. The molecule has 3 aliphatic rings. The quantitative estimate of drug-likeness (QED) is 0.638. The third-order valence-corrected chi connectivity index (χ3v) is 4.72. The van der Waals surface area contributed by atoms with Gasteiger partial charge in [-0.2, -0.15) is 5.26 Å². The van der Waals surface area contributed by atoms with E-state index < -0.39 is 29.3 Å². The molecule has 0 aromatic carbocycles. The maximum absolute atomic E-state index is 13.0. The molecule has 1 fully saturated rings. The fourth-order valence-corrected chi connectivity index (χ4v) is 3.69. The molecule has 1 saturated heterocycles. The van der Waals surface area contributed by atoms with Gasteiger partial charge < -0.3 is 25.3 Å². The van der Waals surface area contributed by atoms with Gasteiger partial charge >= 0.3 is 0 Å². The van der Waals surface area contributed by atoms with Gasteiger partial charge in [0, 0.05) is 12.0 Å². The fourth-order valence-electron chi connectivity index (χ4n) is 3.69. The lowest BCUT2D eigenvalue weighted by molar-refractivity contribution is -0.124. The first-order chi connectivity index (χ1) is 12.0. The summed E-state index contributed by atoms with van der Waals surface area (Å²) in [6.07, 6.45) is 7.07. The van der Waals surface area contributed by atoms with Gasteiger partial charge in [-0.1, -0.05) is 24.3 Å². The number of hydrogen-bond donors (Lipinski definition) is 3. The van der Waals surface area contributed by atoms with Crippen LogP contribution in [0.4, 0.5) is 0 Å². The summed E-state index contributed by atoms with van der Waals surface area (Å²) in [6, 6.07) is 2.62. The molecule has 25 heavy (non-hydrogen) atoms. The van der Waals surface area contributed by atoms with Crippen molar-refractivity contribution in [2.45, 2.75) is 18.1 Å². The van der Waals surface area contributed by atoms with Crippen molar-refractivity contribution >= 4 is 5.91 Å². The van der Waals surface area contributed by atoms with E-state index in [1.54, 1.807) is 24.3 Å². The molecule has 3 heterocycles. The molecule has 0 saturated carbocycles. The predicted molar refractivity (Wildman–Crippen MR) is 83.7 cm³/mol. The Bertz CT molecular complexity index is 981. The Morgan fingerprint density at radius 2 is 2.12 bits per heavy atom. The van der Waals surface area contributed by atoms with Gasteiger partial charge in [-0.25, -0.2) is 0 Å². The smallest absolute Gasteiger partial charge is 0.240 e. The molecule has 4 N–H and O–H groups in total. The summed E-state index contributed by atoms with van der Waals surface area (Å²) >= 11 is 0. The number of nitrogens with zero attached hydrogens (tertiary/aromatic N) is 1. The van der Waals surface area contributed by atoms with Gasteiger partial charge in [-0.15, -0.1) is 0 Å². The number of aliphatic hydroxyl groups is 1. The highest BCUT2D eigenvalue weighted by Gasteiger charge is 2.63. The Balaban J connectivity index is 2.11. The van der Waals surface area contributed by atoms with Gasteiger partial charge in [0.1, 0.15) is 24.0 Å². The van der Waals surface area contributed by atoms with Crippen LogP contribution in [-0.4, -0.2) is 17.1 Å². The van der Waals surface area contributed by atoms with E-state index in [2.05, 4.69) is 5.32 Å². The van der Waals surface area contributed by atoms with Crippen molar-refractivity contribution in [3.05, 3.63) is 63.6 Å². The highest BCUT2D eigenvalue weighted by molar-refractivity contribution is 5.97. The number of nitrogens with one attached hydrogen (secondary N) is 1. The number of fused-ring (bicyclic) bond motifs is 4. The van der Waals surface area contributed by atoms with Crippen LogP contribution < -0.4 is 21.2 Å². The third kappa shape index (κ3) is 1.78. The minimum atomic E-state index is -1.62. The molecule has 8 nitrogen and oxygen atoms in total. The molecule has 1 aromatic heterocycles. The second-order valence-electron chi connectivity index (χ2n) is 5.95. The molecule has 1 amide bonds. The molecule has 2 aliphatic heterocycles. The van der Waals surface area contributed by atoms with Crippen LogP contribution in [0, 0.1) is 17.2 Å². The van der Waals surface area contributed by atoms with Crippen molar-refractivity contribution in [2.24, 2.45) is 11.7 Å². The maximum Gasteiger partial charge on any atom is 0.240 e. The van der Waals surface area contributed by atoms with E-state index in [9.17, 15) is 20.0 Å². The number of carbonyl (C=O) groups is 1. The first kappa shape index (κ1) is 15.2. The Morgan fingerprint density at radius 3 is 2.84 bits per heavy atom. The second-order valence-corrected chi connectivity index (χ2v) is 5.95. The van der Waals surface area contributed by atoms with Crippen LogP contribution in [0.1, 0.15) is 11.5 Å². The zero-order valence-corrected chi connectivity index (χ0v) is 12.9. The van der Waals surface area contributed by atoms with Crippen molar-refractivity contribution in [3.63, 3.8) is 0 Å². The molecule has 0 bridgehead atoms. The van der Waals surface area contributed by atoms with E-state index in [4.69, 9.17) is 14.9 Å². The molecule has 0 radical (unpaired) electrons. The van der Waals surface area contributed by atoms with E-state index in [-0.39, 0.29) is 34.8 Å². The Kier molecular flexibility index (Phi) is 3.10. The number of nitrogens with two attached hydrogens (primary N) is 1. The Morgan fingerprint density at radius 1 is 1.36 bits per heavy atom. The normalized spacial score (nSPS) is 29.0. The number of nitriles is 1. The highest BCUT2D eigenvalue weighted by atomic mass is 16.5.